The highest BCUT2D eigenvalue weighted by molar-refractivity contribution is 7.16. The van der Waals surface area contributed by atoms with Crippen molar-refractivity contribution >= 4 is 39.4 Å². The minimum atomic E-state index is -0.653. The molecule has 0 aliphatic heterocycles. The lowest BCUT2D eigenvalue weighted by Gasteiger charge is -2.05. The van der Waals surface area contributed by atoms with Crippen LogP contribution in [0.3, 0.4) is 0 Å². The molecule has 0 atom stereocenters. The molecule has 29 heavy (non-hydrogen) atoms. The Morgan fingerprint density at radius 2 is 1.93 bits per heavy atom. The van der Waals surface area contributed by atoms with E-state index in [4.69, 9.17) is 9.47 Å². The Kier molecular flexibility index (Phi) is 6.18. The number of aromatic nitrogens is 1. The van der Waals surface area contributed by atoms with E-state index in [1.54, 1.807) is 25.1 Å². The van der Waals surface area contributed by atoms with Gasteiger partial charge >= 0.3 is 11.9 Å². The van der Waals surface area contributed by atoms with Crippen LogP contribution >= 0.6 is 11.3 Å². The zero-order valence-corrected chi connectivity index (χ0v) is 16.5. The number of amides is 1. The summed E-state index contributed by atoms with van der Waals surface area (Å²) in [5, 5.41) is 0. The van der Waals surface area contributed by atoms with Crippen LogP contribution in [-0.2, 0) is 20.8 Å². The third-order valence-corrected chi connectivity index (χ3v) is 5.02. The molecule has 0 saturated heterocycles. The Morgan fingerprint density at radius 3 is 2.62 bits per heavy atom. The lowest BCUT2D eigenvalue weighted by Crippen LogP contribution is -2.22. The maximum Gasteiger partial charge on any atom is 0.338 e. The number of fused-ring (bicyclic) bond motifs is 1. The van der Waals surface area contributed by atoms with Crippen molar-refractivity contribution < 1.29 is 28.2 Å². The second kappa shape index (κ2) is 8.78. The predicted molar refractivity (Wildman–Crippen MR) is 104 cm³/mol. The molecule has 1 heterocycles. The molecule has 0 bridgehead atoms. The van der Waals surface area contributed by atoms with Gasteiger partial charge in [-0.3, -0.25) is 9.59 Å². The molecule has 0 N–H and O–H groups in total. The van der Waals surface area contributed by atoms with Crippen molar-refractivity contribution in [3.05, 3.63) is 64.2 Å². The van der Waals surface area contributed by atoms with Gasteiger partial charge in [-0.2, -0.15) is 4.99 Å². The number of carbonyl (C=O) groups excluding carboxylic acids is 3. The van der Waals surface area contributed by atoms with E-state index in [1.807, 2.05) is 0 Å². The Morgan fingerprint density at radius 1 is 1.14 bits per heavy atom. The first-order chi connectivity index (χ1) is 13.9. The van der Waals surface area contributed by atoms with Crippen molar-refractivity contribution in [1.82, 2.24) is 4.57 Å². The van der Waals surface area contributed by atoms with Crippen molar-refractivity contribution in [3.8, 4) is 0 Å². The second-order valence-corrected chi connectivity index (χ2v) is 6.89. The molecule has 0 aliphatic rings. The van der Waals surface area contributed by atoms with Crippen LogP contribution in [0, 0.1) is 5.82 Å². The number of hydrogen-bond donors (Lipinski definition) is 0. The number of ether oxygens (including phenoxy) is 2. The Balaban J connectivity index is 2.13. The minimum absolute atomic E-state index is 0.0827. The van der Waals surface area contributed by atoms with E-state index in [-0.39, 0.29) is 23.5 Å². The lowest BCUT2D eigenvalue weighted by atomic mass is 10.2. The fourth-order valence-electron chi connectivity index (χ4n) is 2.62. The number of methoxy groups -OCH3 is 1. The fraction of sp³-hybridized carbons (Fsp3) is 0.200. The molecule has 3 aromatic rings. The van der Waals surface area contributed by atoms with Crippen LogP contribution < -0.4 is 4.80 Å². The third-order valence-electron chi connectivity index (χ3n) is 3.98. The summed E-state index contributed by atoms with van der Waals surface area (Å²) in [5.41, 5.74) is 1.02. The molecule has 0 saturated carbocycles. The number of halogens is 1. The standard InChI is InChI=1S/C20H17FN2O5S/c1-3-28-19(26)13-7-8-15-16(10-13)29-20(23(15)11-17(24)27-2)22-18(25)12-5-4-6-14(21)9-12/h4-10H,3,11H2,1-2H3. The Labute approximate surface area is 169 Å². The van der Waals surface area contributed by atoms with Gasteiger partial charge in [-0.1, -0.05) is 17.4 Å². The summed E-state index contributed by atoms with van der Waals surface area (Å²) >= 11 is 1.12. The van der Waals surface area contributed by atoms with Crippen molar-refractivity contribution in [1.29, 1.82) is 0 Å². The molecular weight excluding hydrogens is 399 g/mol. The van der Waals surface area contributed by atoms with E-state index in [0.29, 0.717) is 15.8 Å². The predicted octanol–water partition coefficient (Wildman–Crippen LogP) is 2.93. The molecule has 0 fully saturated rings. The molecular formula is C20H17FN2O5S. The van der Waals surface area contributed by atoms with Gasteiger partial charge in [0.2, 0.25) is 0 Å². The third kappa shape index (κ3) is 4.57. The van der Waals surface area contributed by atoms with Crippen LogP contribution in [0.1, 0.15) is 27.6 Å². The summed E-state index contributed by atoms with van der Waals surface area (Å²) in [6.45, 7) is 1.78. The topological polar surface area (TPSA) is 87.0 Å². The number of thiazole rings is 1. The second-order valence-electron chi connectivity index (χ2n) is 5.88. The van der Waals surface area contributed by atoms with E-state index in [2.05, 4.69) is 4.99 Å². The van der Waals surface area contributed by atoms with Gasteiger partial charge in [-0.25, -0.2) is 9.18 Å². The van der Waals surface area contributed by atoms with Crippen LogP contribution in [0.2, 0.25) is 0 Å². The molecule has 1 aromatic heterocycles. The van der Waals surface area contributed by atoms with Gasteiger partial charge in [0, 0.05) is 5.56 Å². The maximum atomic E-state index is 13.4. The van der Waals surface area contributed by atoms with Crippen LogP contribution in [-0.4, -0.2) is 36.1 Å². The quantitative estimate of drug-likeness (QED) is 0.597. The molecule has 3 rings (SSSR count). The molecule has 0 radical (unpaired) electrons. The molecule has 150 valence electrons. The smallest absolute Gasteiger partial charge is 0.338 e. The summed E-state index contributed by atoms with van der Waals surface area (Å²) in [7, 11) is 1.25. The highest BCUT2D eigenvalue weighted by Crippen LogP contribution is 2.20. The molecule has 1 amide bonds. The van der Waals surface area contributed by atoms with Gasteiger partial charge in [0.25, 0.3) is 5.91 Å². The van der Waals surface area contributed by atoms with Gasteiger partial charge in [-0.05, 0) is 43.3 Å². The van der Waals surface area contributed by atoms with Gasteiger partial charge in [-0.15, -0.1) is 0 Å². The monoisotopic (exact) mass is 416 g/mol. The Bertz CT molecular complexity index is 1170. The van der Waals surface area contributed by atoms with Crippen molar-refractivity contribution in [3.63, 3.8) is 0 Å². The highest BCUT2D eigenvalue weighted by atomic mass is 32.1. The summed E-state index contributed by atoms with van der Waals surface area (Å²) in [4.78, 5) is 40.6. The first-order valence-electron chi connectivity index (χ1n) is 8.65. The Hall–Kier alpha value is -3.33. The van der Waals surface area contributed by atoms with E-state index < -0.39 is 23.7 Å². The molecule has 9 heteroatoms. The SMILES string of the molecule is CCOC(=O)c1ccc2c(c1)sc(=NC(=O)c1cccc(F)c1)n2CC(=O)OC. The number of esters is 2. The van der Waals surface area contributed by atoms with E-state index in [9.17, 15) is 18.8 Å². The minimum Gasteiger partial charge on any atom is -0.468 e. The average molecular weight is 416 g/mol. The van der Waals surface area contributed by atoms with Crippen molar-refractivity contribution in [2.75, 3.05) is 13.7 Å². The van der Waals surface area contributed by atoms with Crippen LogP contribution in [0.5, 0.6) is 0 Å². The molecule has 7 nitrogen and oxygen atoms in total. The molecule has 0 spiro atoms. The summed E-state index contributed by atoms with van der Waals surface area (Å²) in [5.74, 6) is -2.21. The highest BCUT2D eigenvalue weighted by Gasteiger charge is 2.15. The number of nitrogens with zero attached hydrogens (tertiary/aromatic N) is 2. The summed E-state index contributed by atoms with van der Waals surface area (Å²) < 4.78 is 25.3. The first kappa shape index (κ1) is 20.4. The van der Waals surface area contributed by atoms with E-state index in [1.165, 1.54) is 29.9 Å². The van der Waals surface area contributed by atoms with Gasteiger partial charge in [0.05, 0.1) is 29.5 Å². The lowest BCUT2D eigenvalue weighted by molar-refractivity contribution is -0.141. The zero-order valence-electron chi connectivity index (χ0n) is 15.7. The van der Waals surface area contributed by atoms with Crippen LogP contribution in [0.25, 0.3) is 10.2 Å². The van der Waals surface area contributed by atoms with E-state index in [0.717, 1.165) is 17.4 Å². The molecule has 0 aliphatic carbocycles. The first-order valence-corrected chi connectivity index (χ1v) is 9.46. The fourth-order valence-corrected chi connectivity index (χ4v) is 3.69. The van der Waals surface area contributed by atoms with Gasteiger partial charge in [0.1, 0.15) is 12.4 Å². The number of benzene rings is 2. The number of carbonyl (C=O) groups is 3. The van der Waals surface area contributed by atoms with Crippen molar-refractivity contribution in [2.45, 2.75) is 13.5 Å². The largest absolute Gasteiger partial charge is 0.468 e. The van der Waals surface area contributed by atoms with E-state index >= 15 is 0 Å². The summed E-state index contributed by atoms with van der Waals surface area (Å²) in [6, 6.07) is 10.00. The maximum absolute atomic E-state index is 13.4. The zero-order chi connectivity index (χ0) is 21.0. The summed E-state index contributed by atoms with van der Waals surface area (Å²) in [6.07, 6.45) is 0. The average Bonchev–Trinajstić information content (AvgIpc) is 3.04. The van der Waals surface area contributed by atoms with Crippen molar-refractivity contribution in [2.24, 2.45) is 4.99 Å². The van der Waals surface area contributed by atoms with Gasteiger partial charge in [0.15, 0.2) is 4.80 Å². The molecule has 2 aromatic carbocycles. The van der Waals surface area contributed by atoms with Gasteiger partial charge < -0.3 is 14.0 Å². The normalized spacial score (nSPS) is 11.5. The van der Waals surface area contributed by atoms with Crippen LogP contribution in [0.4, 0.5) is 4.39 Å². The number of hydrogen-bond acceptors (Lipinski definition) is 6. The number of rotatable bonds is 5. The van der Waals surface area contributed by atoms with Crippen LogP contribution in [0.15, 0.2) is 47.5 Å². The molecule has 0 unspecified atom stereocenters.